The van der Waals surface area contributed by atoms with Gasteiger partial charge >= 0.3 is 5.97 Å². The molecule has 0 saturated carbocycles. The first-order chi connectivity index (χ1) is 22.8. The van der Waals surface area contributed by atoms with E-state index >= 15 is 0 Å². The van der Waals surface area contributed by atoms with E-state index in [4.69, 9.17) is 47.4 Å². The van der Waals surface area contributed by atoms with Crippen LogP contribution in [0.1, 0.15) is 51.0 Å². The van der Waals surface area contributed by atoms with E-state index < -0.39 is 5.97 Å². The lowest BCUT2D eigenvalue weighted by Gasteiger charge is -2.09. The monoisotopic (exact) mass is 656 g/mol. The molecule has 0 spiro atoms. The summed E-state index contributed by atoms with van der Waals surface area (Å²) in [7, 11) is 0. The lowest BCUT2D eigenvalue weighted by molar-refractivity contribution is -0.139. The molecule has 266 valence electrons. The lowest BCUT2D eigenvalue weighted by atomic mass is 10.0. The maximum Gasteiger partial charge on any atom is 0.330 e. The predicted molar refractivity (Wildman–Crippen MR) is 177 cm³/mol. The second-order valence-electron chi connectivity index (χ2n) is 10.3. The SMILES string of the molecule is C=CC(=O)OCCOCCOCCOCCOCCOCCOCCOCCOCCOc1ccc(CCCCCCCC)cc1. The number of benzene rings is 1. The van der Waals surface area contributed by atoms with Crippen molar-refractivity contribution in [3.05, 3.63) is 42.5 Å². The molecule has 1 aromatic carbocycles. The lowest BCUT2D eigenvalue weighted by Crippen LogP contribution is -2.15. The molecule has 1 aromatic rings. The number of rotatable bonds is 36. The summed E-state index contributed by atoms with van der Waals surface area (Å²) in [4.78, 5) is 10.8. The fourth-order valence-corrected chi connectivity index (χ4v) is 3.98. The Hall–Kier alpha value is -2.09. The second kappa shape index (κ2) is 34.3. The summed E-state index contributed by atoms with van der Waals surface area (Å²) in [5.74, 6) is 0.426. The molecule has 0 N–H and O–H groups in total. The molecular weight excluding hydrogens is 596 g/mol. The van der Waals surface area contributed by atoms with Crippen molar-refractivity contribution in [3.8, 4) is 5.75 Å². The van der Waals surface area contributed by atoms with Crippen LogP contribution in [0.25, 0.3) is 0 Å². The second-order valence-corrected chi connectivity index (χ2v) is 10.3. The maximum absolute atomic E-state index is 10.8. The fourth-order valence-electron chi connectivity index (χ4n) is 3.98. The highest BCUT2D eigenvalue weighted by Gasteiger charge is 1.99. The van der Waals surface area contributed by atoms with Crippen LogP contribution >= 0.6 is 0 Å². The van der Waals surface area contributed by atoms with Crippen molar-refractivity contribution in [1.29, 1.82) is 0 Å². The van der Waals surface area contributed by atoms with Crippen LogP contribution in [0.4, 0.5) is 0 Å². The average molecular weight is 657 g/mol. The van der Waals surface area contributed by atoms with E-state index in [9.17, 15) is 4.79 Å². The summed E-state index contributed by atoms with van der Waals surface area (Å²) in [5, 5.41) is 0. The highest BCUT2D eigenvalue weighted by molar-refractivity contribution is 5.81. The van der Waals surface area contributed by atoms with Crippen LogP contribution in [-0.2, 0) is 53.8 Å². The molecule has 0 atom stereocenters. The first-order valence-electron chi connectivity index (χ1n) is 16.9. The maximum atomic E-state index is 10.8. The van der Waals surface area contributed by atoms with Crippen molar-refractivity contribution < 1.29 is 52.2 Å². The van der Waals surface area contributed by atoms with Crippen molar-refractivity contribution in [2.24, 2.45) is 0 Å². The Bertz CT molecular complexity index is 791. The largest absolute Gasteiger partial charge is 0.491 e. The summed E-state index contributed by atoms with van der Waals surface area (Å²) >= 11 is 0. The number of ether oxygens (including phenoxy) is 10. The molecule has 0 heterocycles. The van der Waals surface area contributed by atoms with Gasteiger partial charge in [0.15, 0.2) is 0 Å². The highest BCUT2D eigenvalue weighted by atomic mass is 16.6. The first-order valence-corrected chi connectivity index (χ1v) is 16.9. The van der Waals surface area contributed by atoms with Gasteiger partial charge in [-0.15, -0.1) is 0 Å². The van der Waals surface area contributed by atoms with E-state index in [0.717, 1.165) is 18.2 Å². The topological polar surface area (TPSA) is 109 Å². The molecule has 0 radical (unpaired) electrons. The average Bonchev–Trinajstić information content (AvgIpc) is 3.08. The van der Waals surface area contributed by atoms with Crippen molar-refractivity contribution in [2.75, 3.05) is 119 Å². The van der Waals surface area contributed by atoms with Crippen molar-refractivity contribution in [2.45, 2.75) is 51.9 Å². The third kappa shape index (κ3) is 29.3. The van der Waals surface area contributed by atoms with Crippen molar-refractivity contribution in [3.63, 3.8) is 0 Å². The van der Waals surface area contributed by atoms with Crippen LogP contribution < -0.4 is 4.74 Å². The summed E-state index contributed by atoms with van der Waals surface area (Å²) in [5.41, 5.74) is 1.37. The molecule has 0 amide bonds. The molecule has 0 fully saturated rings. The van der Waals surface area contributed by atoms with Crippen molar-refractivity contribution >= 4 is 5.97 Å². The van der Waals surface area contributed by atoms with Crippen molar-refractivity contribution in [1.82, 2.24) is 0 Å². The van der Waals surface area contributed by atoms with E-state index in [-0.39, 0.29) is 6.61 Å². The van der Waals surface area contributed by atoms with Gasteiger partial charge in [-0.2, -0.15) is 0 Å². The van der Waals surface area contributed by atoms with Gasteiger partial charge in [0.25, 0.3) is 0 Å². The molecule has 0 aliphatic rings. The fraction of sp³-hybridized carbons (Fsp3) is 0.743. The molecule has 0 saturated heterocycles. The molecule has 0 unspecified atom stereocenters. The molecule has 0 bridgehead atoms. The van der Waals surface area contributed by atoms with Gasteiger partial charge in [0.1, 0.15) is 19.0 Å². The van der Waals surface area contributed by atoms with Gasteiger partial charge in [0.05, 0.1) is 106 Å². The van der Waals surface area contributed by atoms with Crippen LogP contribution in [0, 0.1) is 0 Å². The molecule has 0 aliphatic heterocycles. The van der Waals surface area contributed by atoms with Gasteiger partial charge < -0.3 is 47.4 Å². The zero-order valence-corrected chi connectivity index (χ0v) is 28.3. The number of aryl methyl sites for hydroxylation is 1. The normalized spacial score (nSPS) is 11.2. The molecular formula is C35H60O11. The minimum Gasteiger partial charge on any atom is -0.491 e. The first kappa shape index (κ1) is 41.9. The van der Waals surface area contributed by atoms with E-state index in [1.807, 2.05) is 12.1 Å². The molecule has 46 heavy (non-hydrogen) atoms. The van der Waals surface area contributed by atoms with Crippen LogP contribution in [0.15, 0.2) is 36.9 Å². The Morgan fingerprint density at radius 2 is 0.891 bits per heavy atom. The van der Waals surface area contributed by atoms with Gasteiger partial charge in [-0.25, -0.2) is 4.79 Å². The molecule has 11 heteroatoms. The number of unbranched alkanes of at least 4 members (excludes halogenated alkanes) is 5. The highest BCUT2D eigenvalue weighted by Crippen LogP contribution is 2.15. The van der Waals surface area contributed by atoms with E-state index in [1.165, 1.54) is 44.1 Å². The van der Waals surface area contributed by atoms with E-state index in [0.29, 0.717) is 112 Å². The van der Waals surface area contributed by atoms with Gasteiger partial charge in [-0.05, 0) is 30.5 Å². The molecule has 0 aliphatic carbocycles. The zero-order valence-electron chi connectivity index (χ0n) is 28.3. The summed E-state index contributed by atoms with van der Waals surface area (Å²) in [6.07, 6.45) is 10.2. The third-order valence-corrected chi connectivity index (χ3v) is 6.48. The minimum absolute atomic E-state index is 0.201. The zero-order chi connectivity index (χ0) is 33.0. The number of hydrogen-bond donors (Lipinski definition) is 0. The standard InChI is InChI=1S/C35H60O11/c1-3-5-6-7-8-9-10-33-11-13-34(14-12-33)45-31-29-43-27-25-41-23-21-39-19-17-37-15-16-38-18-20-40-22-24-42-26-28-44-30-32-46-35(36)4-2/h4,11-14H,2-3,5-10,15-32H2,1H3. The smallest absolute Gasteiger partial charge is 0.330 e. The Kier molecular flexibility index (Phi) is 31.2. The Morgan fingerprint density at radius 3 is 1.30 bits per heavy atom. The molecule has 11 nitrogen and oxygen atoms in total. The van der Waals surface area contributed by atoms with Crippen LogP contribution in [0.3, 0.4) is 0 Å². The van der Waals surface area contributed by atoms with Gasteiger partial charge in [0, 0.05) is 6.08 Å². The van der Waals surface area contributed by atoms with Crippen LogP contribution in [0.2, 0.25) is 0 Å². The number of carbonyl (C=O) groups is 1. The van der Waals surface area contributed by atoms with Gasteiger partial charge in [-0.1, -0.05) is 57.7 Å². The summed E-state index contributed by atoms with van der Waals surface area (Å²) < 4.78 is 54.2. The Labute approximate surface area is 277 Å². The third-order valence-electron chi connectivity index (χ3n) is 6.48. The van der Waals surface area contributed by atoms with Crippen LogP contribution in [0.5, 0.6) is 5.75 Å². The quantitative estimate of drug-likeness (QED) is 0.0563. The van der Waals surface area contributed by atoms with E-state index in [1.54, 1.807) is 0 Å². The Balaban J connectivity index is 1.71. The predicted octanol–water partition coefficient (Wildman–Crippen LogP) is 4.83. The van der Waals surface area contributed by atoms with E-state index in [2.05, 4.69) is 25.6 Å². The number of esters is 1. The summed E-state index contributed by atoms with van der Waals surface area (Å²) in [6.45, 7) is 14.0. The van der Waals surface area contributed by atoms with Gasteiger partial charge in [-0.3, -0.25) is 0 Å². The Morgan fingerprint density at radius 1 is 0.522 bits per heavy atom. The minimum atomic E-state index is -0.456. The number of hydrogen-bond acceptors (Lipinski definition) is 11. The number of carbonyl (C=O) groups excluding carboxylic acids is 1. The summed E-state index contributed by atoms with van der Waals surface area (Å²) in [6, 6.07) is 8.42. The van der Waals surface area contributed by atoms with Crippen LogP contribution in [-0.4, -0.2) is 125 Å². The molecule has 1 rings (SSSR count). The molecule has 0 aromatic heterocycles. The van der Waals surface area contributed by atoms with Gasteiger partial charge in [0.2, 0.25) is 0 Å².